The van der Waals surface area contributed by atoms with Gasteiger partial charge in [0.15, 0.2) is 5.41 Å². The zero-order valence-electron chi connectivity index (χ0n) is 14.3. The molecule has 3 rings (SSSR count). The molecule has 2 aromatic carbocycles. The monoisotopic (exact) mass is 433 g/mol. The van der Waals surface area contributed by atoms with Crippen molar-refractivity contribution in [2.24, 2.45) is 5.41 Å². The van der Waals surface area contributed by atoms with Crippen LogP contribution in [0.4, 0.5) is 0 Å². The highest BCUT2D eigenvalue weighted by Gasteiger charge is 2.64. The molecular weight excluding hydrogens is 418 g/mol. The minimum Gasteiger partial charge on any atom is -0.468 e. The van der Waals surface area contributed by atoms with Crippen LogP contribution in [0.15, 0.2) is 59.1 Å². The summed E-state index contributed by atoms with van der Waals surface area (Å²) >= 11 is 9.80. The van der Waals surface area contributed by atoms with E-state index in [0.29, 0.717) is 10.6 Å². The van der Waals surface area contributed by atoms with Gasteiger partial charge in [0.05, 0.1) is 13.2 Å². The van der Waals surface area contributed by atoms with Gasteiger partial charge in [-0.15, -0.1) is 0 Å². The molecule has 1 aliphatic heterocycles. The molecule has 134 valence electrons. The van der Waals surface area contributed by atoms with Gasteiger partial charge in [-0.3, -0.25) is 9.59 Å². The molecular formula is C20H17BrClNO3. The third kappa shape index (κ3) is 2.95. The van der Waals surface area contributed by atoms with Gasteiger partial charge in [0.2, 0.25) is 5.91 Å². The second-order valence-electron chi connectivity index (χ2n) is 6.09. The molecule has 0 saturated carbocycles. The predicted octanol–water partition coefficient (Wildman–Crippen LogP) is 4.49. The third-order valence-corrected chi connectivity index (χ3v) is 5.44. The van der Waals surface area contributed by atoms with E-state index in [1.807, 2.05) is 42.5 Å². The molecule has 1 fully saturated rings. The molecule has 1 heterocycles. The van der Waals surface area contributed by atoms with E-state index in [2.05, 4.69) is 15.9 Å². The topological polar surface area (TPSA) is 46.6 Å². The summed E-state index contributed by atoms with van der Waals surface area (Å²) in [7, 11) is 2.94. The first-order chi connectivity index (χ1) is 12.4. The summed E-state index contributed by atoms with van der Waals surface area (Å²) in [5.41, 5.74) is 0.132. The quantitative estimate of drug-likeness (QED) is 0.405. The summed E-state index contributed by atoms with van der Waals surface area (Å²) in [4.78, 5) is 27.0. The van der Waals surface area contributed by atoms with Gasteiger partial charge in [-0.25, -0.2) is 0 Å². The molecule has 0 aromatic heterocycles. The molecule has 1 saturated heterocycles. The van der Waals surface area contributed by atoms with E-state index in [4.69, 9.17) is 16.3 Å². The number of carbonyl (C=O) groups excluding carboxylic acids is 2. The number of β-lactam (4-membered cyclic amide) rings is 1. The zero-order valence-corrected chi connectivity index (χ0v) is 16.6. The number of benzene rings is 2. The highest BCUT2D eigenvalue weighted by molar-refractivity contribution is 9.10. The van der Waals surface area contributed by atoms with Crippen molar-refractivity contribution < 1.29 is 14.3 Å². The van der Waals surface area contributed by atoms with Gasteiger partial charge in [-0.05, 0) is 29.3 Å². The van der Waals surface area contributed by atoms with Crippen molar-refractivity contribution in [3.8, 4) is 0 Å². The van der Waals surface area contributed by atoms with Crippen LogP contribution in [-0.4, -0.2) is 30.9 Å². The average Bonchev–Trinajstić information content (AvgIpc) is 2.66. The molecule has 0 bridgehead atoms. The van der Waals surface area contributed by atoms with Crippen LogP contribution >= 0.6 is 27.5 Å². The molecule has 0 spiro atoms. The number of hydrogen-bond donors (Lipinski definition) is 0. The van der Waals surface area contributed by atoms with Crippen molar-refractivity contribution in [1.82, 2.24) is 4.90 Å². The van der Waals surface area contributed by atoms with E-state index in [9.17, 15) is 9.59 Å². The van der Waals surface area contributed by atoms with Gasteiger partial charge in [-0.1, -0.05) is 70.0 Å². The molecule has 0 unspecified atom stereocenters. The Hall–Kier alpha value is -2.11. The maximum absolute atomic E-state index is 12.8. The largest absolute Gasteiger partial charge is 0.468 e. The van der Waals surface area contributed by atoms with Crippen LogP contribution in [0.3, 0.4) is 0 Å². The molecule has 2 aromatic rings. The van der Waals surface area contributed by atoms with E-state index < -0.39 is 17.4 Å². The summed E-state index contributed by atoms with van der Waals surface area (Å²) in [6.07, 6.45) is 3.39. The van der Waals surface area contributed by atoms with Crippen LogP contribution in [0, 0.1) is 5.41 Å². The third-order valence-electron chi connectivity index (χ3n) is 4.61. The highest BCUT2D eigenvalue weighted by atomic mass is 79.9. The Bertz CT molecular complexity index is 874. The lowest BCUT2D eigenvalue weighted by molar-refractivity contribution is -0.180. The van der Waals surface area contributed by atoms with Crippen molar-refractivity contribution in [2.45, 2.75) is 6.04 Å². The fourth-order valence-electron chi connectivity index (χ4n) is 3.33. The first kappa shape index (κ1) is 18.7. The zero-order chi connectivity index (χ0) is 18.9. The van der Waals surface area contributed by atoms with Crippen LogP contribution in [0.5, 0.6) is 0 Å². The first-order valence-corrected chi connectivity index (χ1v) is 9.14. The summed E-state index contributed by atoms with van der Waals surface area (Å²) in [5, 5.41) is 0.485. The number of likely N-dealkylation sites (tertiary alicyclic amines) is 1. The summed E-state index contributed by atoms with van der Waals surface area (Å²) in [6.45, 7) is 0. The first-order valence-electron chi connectivity index (χ1n) is 7.96. The summed E-state index contributed by atoms with van der Waals surface area (Å²) in [5.74, 6) is -0.925. The molecule has 2 atom stereocenters. The maximum atomic E-state index is 12.8. The number of nitrogens with zero attached hydrogens (tertiary/aromatic N) is 1. The summed E-state index contributed by atoms with van der Waals surface area (Å²) in [6, 6.07) is 14.3. The fourth-order valence-corrected chi connectivity index (χ4v) is 3.93. The molecule has 1 aliphatic rings. The fraction of sp³-hybridized carbons (Fsp3) is 0.200. The molecule has 4 nitrogen and oxygen atoms in total. The van der Waals surface area contributed by atoms with Crippen molar-refractivity contribution in [2.75, 3.05) is 14.2 Å². The Balaban J connectivity index is 2.12. The lowest BCUT2D eigenvalue weighted by Crippen LogP contribution is -2.64. The van der Waals surface area contributed by atoms with Crippen LogP contribution in [0.25, 0.3) is 6.08 Å². The Morgan fingerprint density at radius 3 is 2.62 bits per heavy atom. The minimum atomic E-state index is -1.44. The standard InChI is InChI=1S/C20H17BrClNO3/c1-23-17(15-12-14(21)8-9-16(15)22)20(18(23)24,19(25)26-2)11-10-13-6-4-3-5-7-13/h3-12,17H,1-2H3/b11-10+/t17-,20+/m1/s1. The number of esters is 1. The second kappa shape index (κ2) is 7.25. The predicted molar refractivity (Wildman–Crippen MR) is 105 cm³/mol. The Morgan fingerprint density at radius 1 is 1.27 bits per heavy atom. The summed E-state index contributed by atoms with van der Waals surface area (Å²) < 4.78 is 5.81. The number of carbonyl (C=O) groups is 2. The number of hydrogen-bond acceptors (Lipinski definition) is 3. The van der Waals surface area contributed by atoms with Crippen LogP contribution in [0.1, 0.15) is 17.2 Å². The number of amides is 1. The SMILES string of the molecule is COC(=O)[C@]1(/C=C/c2ccccc2)C(=O)N(C)[C@@H]1c1cc(Br)ccc1Cl. The highest BCUT2D eigenvalue weighted by Crippen LogP contribution is 2.53. The van der Waals surface area contributed by atoms with Crippen molar-refractivity contribution in [3.05, 3.63) is 75.2 Å². The van der Waals surface area contributed by atoms with E-state index in [0.717, 1.165) is 10.0 Å². The van der Waals surface area contributed by atoms with Crippen LogP contribution in [-0.2, 0) is 14.3 Å². The van der Waals surface area contributed by atoms with E-state index >= 15 is 0 Å². The van der Waals surface area contributed by atoms with Gasteiger partial charge in [0.25, 0.3) is 0 Å². The number of rotatable bonds is 4. The van der Waals surface area contributed by atoms with E-state index in [1.165, 1.54) is 12.0 Å². The van der Waals surface area contributed by atoms with Crippen molar-refractivity contribution in [3.63, 3.8) is 0 Å². The molecule has 1 amide bonds. The van der Waals surface area contributed by atoms with Gasteiger partial charge in [0, 0.05) is 16.5 Å². The average molecular weight is 435 g/mol. The van der Waals surface area contributed by atoms with Gasteiger partial charge in [-0.2, -0.15) is 0 Å². The Morgan fingerprint density at radius 2 is 1.96 bits per heavy atom. The van der Waals surface area contributed by atoms with Crippen molar-refractivity contribution >= 4 is 45.5 Å². The Kier molecular flexibility index (Phi) is 5.21. The number of methoxy groups -OCH3 is 1. The van der Waals surface area contributed by atoms with Gasteiger partial charge in [0.1, 0.15) is 0 Å². The molecule has 0 radical (unpaired) electrons. The molecule has 0 N–H and O–H groups in total. The lowest BCUT2D eigenvalue weighted by atomic mass is 9.67. The Labute approximate surface area is 165 Å². The normalized spacial score (nSPS) is 22.4. The van der Waals surface area contributed by atoms with Crippen LogP contribution in [0.2, 0.25) is 5.02 Å². The second-order valence-corrected chi connectivity index (χ2v) is 7.41. The minimum absolute atomic E-state index is 0.322. The van der Waals surface area contributed by atoms with Gasteiger partial charge >= 0.3 is 5.97 Å². The molecule has 26 heavy (non-hydrogen) atoms. The van der Waals surface area contributed by atoms with E-state index in [-0.39, 0.29) is 5.91 Å². The molecule has 0 aliphatic carbocycles. The lowest BCUT2D eigenvalue weighted by Gasteiger charge is -2.51. The number of halogens is 2. The van der Waals surface area contributed by atoms with Crippen molar-refractivity contribution in [1.29, 1.82) is 0 Å². The van der Waals surface area contributed by atoms with Crippen LogP contribution < -0.4 is 0 Å². The van der Waals surface area contributed by atoms with E-state index in [1.54, 1.807) is 25.3 Å². The smallest absolute Gasteiger partial charge is 0.327 e. The number of ether oxygens (including phenoxy) is 1. The van der Waals surface area contributed by atoms with Gasteiger partial charge < -0.3 is 9.64 Å². The maximum Gasteiger partial charge on any atom is 0.327 e. The molecule has 6 heteroatoms.